The molecule has 0 fully saturated rings. The molecule has 0 saturated heterocycles. The number of nitrogens with zero attached hydrogens (tertiary/aromatic N) is 3. The highest BCUT2D eigenvalue weighted by atomic mass is 16.5. The third-order valence-electron chi connectivity index (χ3n) is 5.95. The Morgan fingerprint density at radius 2 is 1.94 bits per heavy atom. The molecule has 2 heterocycles. The number of aliphatic hydroxyl groups excluding tert-OH is 2. The summed E-state index contributed by atoms with van der Waals surface area (Å²) in [6.45, 7) is 7.63. The van der Waals surface area contributed by atoms with Crippen molar-refractivity contribution >= 4 is 5.91 Å². The van der Waals surface area contributed by atoms with Crippen molar-refractivity contribution in [2.75, 3.05) is 19.8 Å². The highest BCUT2D eigenvalue weighted by molar-refractivity contribution is 5.76. The number of aromatic nitrogens is 3. The van der Waals surface area contributed by atoms with Gasteiger partial charge < -0.3 is 24.8 Å². The van der Waals surface area contributed by atoms with Crippen molar-refractivity contribution in [1.82, 2.24) is 20.4 Å². The number of benzene rings is 1. The van der Waals surface area contributed by atoms with Gasteiger partial charge in [0.25, 0.3) is 5.89 Å². The number of aliphatic hydroxyl groups is 2. The van der Waals surface area contributed by atoms with E-state index in [0.29, 0.717) is 29.8 Å². The summed E-state index contributed by atoms with van der Waals surface area (Å²) in [6.07, 6.45) is 3.62. The minimum absolute atomic E-state index is 0.00238. The molecule has 1 aromatic carbocycles. The van der Waals surface area contributed by atoms with Gasteiger partial charge in [-0.2, -0.15) is 4.98 Å². The molecule has 0 saturated carbocycles. The van der Waals surface area contributed by atoms with Crippen molar-refractivity contribution in [2.45, 2.75) is 59.0 Å². The molecule has 9 nitrogen and oxygen atoms in total. The van der Waals surface area contributed by atoms with E-state index in [2.05, 4.69) is 34.3 Å². The van der Waals surface area contributed by atoms with E-state index in [1.54, 1.807) is 6.20 Å². The SMILES string of the molecule is CCc1cc(-c2noc(-c3ccnc(C(CC)CC)c3)n2)cc(C)c1OCC(O)CNC(=O)CO. The average molecular weight is 483 g/mol. The molecule has 9 heteroatoms. The monoisotopic (exact) mass is 482 g/mol. The smallest absolute Gasteiger partial charge is 0.258 e. The molecule has 0 bridgehead atoms. The molecule has 3 N–H and O–H groups in total. The lowest BCUT2D eigenvalue weighted by atomic mass is 9.98. The van der Waals surface area contributed by atoms with E-state index in [9.17, 15) is 9.90 Å². The zero-order valence-corrected chi connectivity index (χ0v) is 20.7. The van der Waals surface area contributed by atoms with Crippen molar-refractivity contribution < 1.29 is 24.3 Å². The fourth-order valence-corrected chi connectivity index (χ4v) is 3.94. The number of pyridine rings is 1. The molecule has 1 unspecified atom stereocenters. The van der Waals surface area contributed by atoms with Crippen LogP contribution in [0.15, 0.2) is 35.0 Å². The first-order chi connectivity index (χ1) is 16.9. The first kappa shape index (κ1) is 26.3. The number of ether oxygens (including phenoxy) is 1. The number of rotatable bonds is 12. The molecule has 0 radical (unpaired) electrons. The number of nitrogens with one attached hydrogen (secondary N) is 1. The van der Waals surface area contributed by atoms with Crippen LogP contribution in [-0.4, -0.2) is 57.1 Å². The van der Waals surface area contributed by atoms with Crippen molar-refractivity contribution in [3.8, 4) is 28.6 Å². The van der Waals surface area contributed by atoms with Crippen LogP contribution in [0.1, 0.15) is 56.4 Å². The fraction of sp³-hybridized carbons (Fsp3) is 0.462. The maximum Gasteiger partial charge on any atom is 0.258 e. The number of amides is 1. The van der Waals surface area contributed by atoms with E-state index >= 15 is 0 Å². The molecule has 0 aliphatic heterocycles. The number of carbonyl (C=O) groups excluding carboxylic acids is 1. The molecule has 2 aromatic heterocycles. The van der Waals surface area contributed by atoms with Gasteiger partial charge in [0.1, 0.15) is 25.1 Å². The standard InChI is InChI=1S/C26H34N4O5/c1-5-17(6-2)22-12-19(8-9-27-22)26-29-25(30-35-26)20-10-16(4)24(18(7-3)11-20)34-15-21(32)13-28-23(33)14-31/h8-12,17,21,31-32H,5-7,13-15H2,1-4H3,(H,28,33). The molecule has 188 valence electrons. The molecule has 0 spiro atoms. The molecular weight excluding hydrogens is 448 g/mol. The normalized spacial score (nSPS) is 12.1. The summed E-state index contributed by atoms with van der Waals surface area (Å²) in [6, 6.07) is 7.77. The topological polar surface area (TPSA) is 131 Å². The fourth-order valence-electron chi connectivity index (χ4n) is 3.94. The van der Waals surface area contributed by atoms with Crippen LogP contribution < -0.4 is 10.1 Å². The molecule has 3 aromatic rings. The first-order valence-corrected chi connectivity index (χ1v) is 12.0. The highest BCUT2D eigenvalue weighted by Gasteiger charge is 2.17. The van der Waals surface area contributed by atoms with E-state index in [1.165, 1.54) is 0 Å². The van der Waals surface area contributed by atoms with Crippen LogP contribution in [0, 0.1) is 6.92 Å². The Morgan fingerprint density at radius 3 is 2.63 bits per heavy atom. The van der Waals surface area contributed by atoms with Crippen molar-refractivity contribution in [1.29, 1.82) is 0 Å². The van der Waals surface area contributed by atoms with Crippen LogP contribution in [0.5, 0.6) is 5.75 Å². The van der Waals surface area contributed by atoms with Crippen molar-refractivity contribution in [3.05, 3.63) is 47.3 Å². The van der Waals surface area contributed by atoms with Gasteiger partial charge in [-0.05, 0) is 61.6 Å². The Kier molecular flexibility index (Phi) is 9.33. The molecule has 0 aliphatic carbocycles. The number of hydrogen-bond acceptors (Lipinski definition) is 8. The van der Waals surface area contributed by atoms with Gasteiger partial charge in [0.2, 0.25) is 11.7 Å². The van der Waals surface area contributed by atoms with Gasteiger partial charge in [-0.1, -0.05) is 25.9 Å². The van der Waals surface area contributed by atoms with Gasteiger partial charge in [0.15, 0.2) is 0 Å². The molecular formula is C26H34N4O5. The summed E-state index contributed by atoms with van der Waals surface area (Å²) >= 11 is 0. The molecule has 1 atom stereocenters. The summed E-state index contributed by atoms with van der Waals surface area (Å²) in [5, 5.41) is 25.5. The second kappa shape index (κ2) is 12.4. The van der Waals surface area contributed by atoms with Gasteiger partial charge in [-0.15, -0.1) is 0 Å². The van der Waals surface area contributed by atoms with Crippen LogP contribution >= 0.6 is 0 Å². The quantitative estimate of drug-likeness (QED) is 0.358. The Bertz CT molecular complexity index is 1130. The Balaban J connectivity index is 1.78. The predicted octanol–water partition coefficient (Wildman–Crippen LogP) is 3.42. The van der Waals surface area contributed by atoms with Crippen LogP contribution in [-0.2, 0) is 11.2 Å². The third kappa shape index (κ3) is 6.64. The lowest BCUT2D eigenvalue weighted by Crippen LogP contribution is -2.36. The van der Waals surface area contributed by atoms with Gasteiger partial charge in [-0.25, -0.2) is 0 Å². The van der Waals surface area contributed by atoms with Gasteiger partial charge >= 0.3 is 0 Å². The maximum atomic E-state index is 11.1. The van der Waals surface area contributed by atoms with Crippen molar-refractivity contribution in [3.63, 3.8) is 0 Å². The minimum Gasteiger partial charge on any atom is -0.490 e. The Morgan fingerprint density at radius 1 is 1.17 bits per heavy atom. The number of carbonyl (C=O) groups is 1. The van der Waals surface area contributed by atoms with E-state index in [0.717, 1.165) is 40.8 Å². The van der Waals surface area contributed by atoms with Crippen LogP contribution in [0.4, 0.5) is 0 Å². The highest BCUT2D eigenvalue weighted by Crippen LogP contribution is 2.32. The van der Waals surface area contributed by atoms with Gasteiger partial charge in [0, 0.05) is 35.5 Å². The van der Waals surface area contributed by atoms with Gasteiger partial charge in [-0.3, -0.25) is 9.78 Å². The van der Waals surface area contributed by atoms with E-state index < -0.39 is 18.6 Å². The summed E-state index contributed by atoms with van der Waals surface area (Å²) in [5.41, 5.74) is 4.49. The molecule has 1 amide bonds. The summed E-state index contributed by atoms with van der Waals surface area (Å²) in [5.74, 6) is 1.45. The first-order valence-electron chi connectivity index (χ1n) is 12.0. The lowest BCUT2D eigenvalue weighted by Gasteiger charge is -2.17. The largest absolute Gasteiger partial charge is 0.490 e. The maximum absolute atomic E-state index is 11.1. The third-order valence-corrected chi connectivity index (χ3v) is 5.95. The number of hydrogen-bond donors (Lipinski definition) is 3. The summed E-state index contributed by atoms with van der Waals surface area (Å²) in [7, 11) is 0. The minimum atomic E-state index is -0.903. The Hall–Kier alpha value is -3.30. The molecule has 35 heavy (non-hydrogen) atoms. The van der Waals surface area contributed by atoms with Crippen molar-refractivity contribution in [2.24, 2.45) is 0 Å². The Labute approximate surface area is 205 Å². The second-order valence-electron chi connectivity index (χ2n) is 8.47. The van der Waals surface area contributed by atoms with Crippen LogP contribution in [0.25, 0.3) is 22.8 Å². The van der Waals surface area contributed by atoms with E-state index in [4.69, 9.17) is 14.4 Å². The average Bonchev–Trinajstić information content (AvgIpc) is 3.37. The summed E-state index contributed by atoms with van der Waals surface area (Å²) < 4.78 is 11.5. The second-order valence-corrected chi connectivity index (χ2v) is 8.47. The van der Waals surface area contributed by atoms with E-state index in [1.807, 2.05) is 38.1 Å². The van der Waals surface area contributed by atoms with Crippen LogP contribution in [0.3, 0.4) is 0 Å². The zero-order chi connectivity index (χ0) is 25.4. The zero-order valence-electron chi connectivity index (χ0n) is 20.7. The lowest BCUT2D eigenvalue weighted by molar-refractivity contribution is -0.124. The summed E-state index contributed by atoms with van der Waals surface area (Å²) in [4.78, 5) is 20.3. The predicted molar refractivity (Wildman–Crippen MR) is 132 cm³/mol. The molecule has 3 rings (SSSR count). The van der Waals surface area contributed by atoms with E-state index in [-0.39, 0.29) is 13.2 Å². The molecule has 0 aliphatic rings. The van der Waals surface area contributed by atoms with Crippen LogP contribution in [0.2, 0.25) is 0 Å². The number of aryl methyl sites for hydroxylation is 2. The van der Waals surface area contributed by atoms with Gasteiger partial charge in [0.05, 0.1) is 0 Å².